The summed E-state index contributed by atoms with van der Waals surface area (Å²) in [4.78, 5) is 15.9. The van der Waals surface area contributed by atoms with Crippen molar-refractivity contribution in [1.29, 1.82) is 0 Å². The van der Waals surface area contributed by atoms with Gasteiger partial charge in [-0.1, -0.05) is 35.5 Å². The first kappa shape index (κ1) is 16.6. The Morgan fingerprint density at radius 3 is 3.00 bits per heavy atom. The molecule has 0 aliphatic carbocycles. The maximum Gasteiger partial charge on any atom is 0.230 e. The molecule has 0 atom stereocenters. The monoisotopic (exact) mass is 336 g/mol. The van der Waals surface area contributed by atoms with E-state index in [1.54, 1.807) is 18.3 Å². The van der Waals surface area contributed by atoms with Crippen LogP contribution < -0.4 is 10.1 Å². The van der Waals surface area contributed by atoms with E-state index < -0.39 is 0 Å². The molecule has 0 saturated carbocycles. The molecular weight excluding hydrogens is 320 g/mol. The Kier molecular flexibility index (Phi) is 6.55. The third-order valence-corrected chi connectivity index (χ3v) is 4.17. The van der Waals surface area contributed by atoms with Gasteiger partial charge in [-0.05, 0) is 36.8 Å². The molecule has 2 rings (SSSR count). The van der Waals surface area contributed by atoms with Gasteiger partial charge in [-0.15, -0.1) is 0 Å². The third-order valence-electron chi connectivity index (χ3n) is 2.75. The highest BCUT2D eigenvalue weighted by Crippen LogP contribution is 2.23. The summed E-state index contributed by atoms with van der Waals surface area (Å²) in [6, 6.07) is 11.3. The maximum atomic E-state index is 11.7. The second-order valence-corrected chi connectivity index (χ2v) is 5.97. The number of nitrogens with zero attached hydrogens (tertiary/aromatic N) is 1. The molecular formula is C16H17ClN2O2S. The number of amides is 1. The quantitative estimate of drug-likeness (QED) is 0.622. The Hall–Kier alpha value is -1.72. The fraction of sp³-hybridized carbons (Fsp3) is 0.250. The van der Waals surface area contributed by atoms with E-state index in [0.717, 1.165) is 11.3 Å². The fourth-order valence-electron chi connectivity index (χ4n) is 1.73. The first-order valence-corrected chi connectivity index (χ1v) is 8.21. The van der Waals surface area contributed by atoms with Gasteiger partial charge in [0.15, 0.2) is 0 Å². The van der Waals surface area contributed by atoms with Crippen LogP contribution in [0.15, 0.2) is 47.6 Å². The zero-order valence-electron chi connectivity index (χ0n) is 12.2. The number of halogens is 1. The minimum atomic E-state index is -0.0699. The molecule has 2 aromatic rings. The number of nitrogens with one attached hydrogen (secondary N) is 1. The van der Waals surface area contributed by atoms with E-state index in [-0.39, 0.29) is 11.7 Å². The van der Waals surface area contributed by atoms with Crippen LogP contribution in [-0.2, 0) is 4.79 Å². The zero-order chi connectivity index (χ0) is 15.8. The smallest absolute Gasteiger partial charge is 0.230 e. The summed E-state index contributed by atoms with van der Waals surface area (Å²) < 4.78 is 5.56. The molecule has 1 aromatic heterocycles. The number of thioether (sulfide) groups is 1. The summed E-state index contributed by atoms with van der Waals surface area (Å²) in [6.07, 6.45) is 1.65. The predicted octanol–water partition coefficient (Wildman–Crippen LogP) is 3.33. The number of aromatic nitrogens is 1. The first-order chi connectivity index (χ1) is 10.6. The van der Waals surface area contributed by atoms with Crippen molar-refractivity contribution in [2.24, 2.45) is 0 Å². The van der Waals surface area contributed by atoms with Crippen molar-refractivity contribution < 1.29 is 9.53 Å². The fourth-order valence-corrected chi connectivity index (χ4v) is 2.72. The minimum Gasteiger partial charge on any atom is -0.492 e. The van der Waals surface area contributed by atoms with Gasteiger partial charge < -0.3 is 10.1 Å². The van der Waals surface area contributed by atoms with Crippen molar-refractivity contribution in [3.63, 3.8) is 0 Å². The van der Waals surface area contributed by atoms with E-state index in [9.17, 15) is 4.79 Å². The van der Waals surface area contributed by atoms with Crippen LogP contribution in [0.3, 0.4) is 0 Å². The lowest BCUT2D eigenvalue weighted by atomic mass is 10.2. The van der Waals surface area contributed by atoms with Gasteiger partial charge in [-0.25, -0.2) is 4.98 Å². The van der Waals surface area contributed by atoms with Crippen molar-refractivity contribution >= 4 is 29.3 Å². The number of aryl methyl sites for hydroxylation is 1. The van der Waals surface area contributed by atoms with E-state index >= 15 is 0 Å². The summed E-state index contributed by atoms with van der Waals surface area (Å²) in [5, 5.41) is 4.02. The van der Waals surface area contributed by atoms with E-state index in [1.165, 1.54) is 11.8 Å². The largest absolute Gasteiger partial charge is 0.492 e. The molecule has 0 aliphatic heterocycles. The minimum absolute atomic E-state index is 0.0699. The van der Waals surface area contributed by atoms with Crippen LogP contribution in [0.2, 0.25) is 5.02 Å². The Morgan fingerprint density at radius 2 is 2.23 bits per heavy atom. The van der Waals surface area contributed by atoms with Gasteiger partial charge >= 0.3 is 0 Å². The number of hydrogen-bond acceptors (Lipinski definition) is 4. The number of ether oxygens (including phenoxy) is 1. The van der Waals surface area contributed by atoms with Crippen LogP contribution in [0.25, 0.3) is 0 Å². The molecule has 0 spiro atoms. The SMILES string of the molecule is Cc1cccc(OCCNC(=O)CSc2ncccc2Cl)c1. The van der Waals surface area contributed by atoms with Crippen molar-refractivity contribution in [2.45, 2.75) is 11.9 Å². The first-order valence-electron chi connectivity index (χ1n) is 6.84. The van der Waals surface area contributed by atoms with Crippen molar-refractivity contribution in [3.05, 3.63) is 53.2 Å². The molecule has 1 aromatic carbocycles. The third kappa shape index (κ3) is 5.58. The van der Waals surface area contributed by atoms with Crippen LogP contribution in [0, 0.1) is 6.92 Å². The van der Waals surface area contributed by atoms with Crippen LogP contribution in [0.5, 0.6) is 5.75 Å². The average molecular weight is 337 g/mol. The average Bonchev–Trinajstić information content (AvgIpc) is 2.51. The summed E-state index contributed by atoms with van der Waals surface area (Å²) in [5.74, 6) is 1.02. The molecule has 4 nitrogen and oxygen atoms in total. The van der Waals surface area contributed by atoms with Gasteiger partial charge in [0.2, 0.25) is 5.91 Å². The summed E-state index contributed by atoms with van der Waals surface area (Å²) in [6.45, 7) is 2.90. The second kappa shape index (κ2) is 8.66. The molecule has 0 saturated heterocycles. The molecule has 1 heterocycles. The van der Waals surface area contributed by atoms with Crippen LogP contribution in [0.1, 0.15) is 5.56 Å². The number of pyridine rings is 1. The van der Waals surface area contributed by atoms with Gasteiger partial charge in [-0.3, -0.25) is 4.79 Å². The number of benzene rings is 1. The Balaban J connectivity index is 1.65. The standard InChI is InChI=1S/C16H17ClN2O2S/c1-12-4-2-5-13(10-12)21-9-8-18-15(20)11-22-16-14(17)6-3-7-19-16/h2-7,10H,8-9,11H2,1H3,(H,18,20). The molecule has 6 heteroatoms. The molecule has 0 radical (unpaired) electrons. The van der Waals surface area contributed by atoms with Crippen LogP contribution in [-0.4, -0.2) is 29.8 Å². The van der Waals surface area contributed by atoms with Crippen molar-refractivity contribution in [1.82, 2.24) is 10.3 Å². The lowest BCUT2D eigenvalue weighted by Crippen LogP contribution is -2.29. The summed E-state index contributed by atoms with van der Waals surface area (Å²) in [5.41, 5.74) is 1.14. The Morgan fingerprint density at radius 1 is 1.36 bits per heavy atom. The number of carbonyl (C=O) groups is 1. The van der Waals surface area contributed by atoms with Crippen LogP contribution in [0.4, 0.5) is 0 Å². The van der Waals surface area contributed by atoms with Gasteiger partial charge in [0, 0.05) is 6.20 Å². The molecule has 116 valence electrons. The zero-order valence-corrected chi connectivity index (χ0v) is 13.8. The Labute approximate surface area is 139 Å². The molecule has 0 unspecified atom stereocenters. The van der Waals surface area contributed by atoms with E-state index in [4.69, 9.17) is 16.3 Å². The highest BCUT2D eigenvalue weighted by Gasteiger charge is 2.06. The highest BCUT2D eigenvalue weighted by molar-refractivity contribution is 8.00. The van der Waals surface area contributed by atoms with Gasteiger partial charge in [0.25, 0.3) is 0 Å². The summed E-state index contributed by atoms with van der Waals surface area (Å²) >= 11 is 7.30. The van der Waals surface area contributed by atoms with E-state index in [0.29, 0.717) is 23.2 Å². The normalized spacial score (nSPS) is 10.3. The maximum absolute atomic E-state index is 11.7. The molecule has 1 amide bonds. The van der Waals surface area contributed by atoms with Gasteiger partial charge in [0.1, 0.15) is 17.4 Å². The van der Waals surface area contributed by atoms with Gasteiger partial charge in [0.05, 0.1) is 17.3 Å². The molecule has 0 aliphatic rings. The van der Waals surface area contributed by atoms with Crippen molar-refractivity contribution in [3.8, 4) is 5.75 Å². The lowest BCUT2D eigenvalue weighted by Gasteiger charge is -2.08. The molecule has 1 N–H and O–H groups in total. The lowest BCUT2D eigenvalue weighted by molar-refractivity contribution is -0.118. The van der Waals surface area contributed by atoms with E-state index in [1.807, 2.05) is 31.2 Å². The molecule has 22 heavy (non-hydrogen) atoms. The second-order valence-electron chi connectivity index (χ2n) is 4.59. The number of rotatable bonds is 7. The van der Waals surface area contributed by atoms with Gasteiger partial charge in [-0.2, -0.15) is 0 Å². The Bertz CT molecular complexity index is 637. The van der Waals surface area contributed by atoms with Crippen LogP contribution >= 0.6 is 23.4 Å². The number of carbonyl (C=O) groups excluding carboxylic acids is 1. The summed E-state index contributed by atoms with van der Waals surface area (Å²) in [7, 11) is 0. The predicted molar refractivity (Wildman–Crippen MR) is 89.7 cm³/mol. The molecule has 0 fully saturated rings. The molecule has 0 bridgehead atoms. The van der Waals surface area contributed by atoms with Crippen molar-refractivity contribution in [2.75, 3.05) is 18.9 Å². The van der Waals surface area contributed by atoms with E-state index in [2.05, 4.69) is 10.3 Å². The number of hydrogen-bond donors (Lipinski definition) is 1. The highest BCUT2D eigenvalue weighted by atomic mass is 35.5. The topological polar surface area (TPSA) is 51.2 Å².